The van der Waals surface area contributed by atoms with E-state index in [9.17, 15) is 9.90 Å². The quantitative estimate of drug-likeness (QED) is 0.671. The minimum Gasteiger partial charge on any atom is -0.385 e. The van der Waals surface area contributed by atoms with Gasteiger partial charge >= 0.3 is 0 Å². The van der Waals surface area contributed by atoms with Crippen LogP contribution in [-0.2, 0) is 9.53 Å². The summed E-state index contributed by atoms with van der Waals surface area (Å²) in [5, 5.41) is 9.48. The maximum absolute atomic E-state index is 11.5. The topological polar surface area (TPSA) is 46.5 Å². The zero-order chi connectivity index (χ0) is 9.68. The average Bonchev–Trinajstić information content (AvgIpc) is 2.21. The smallest absolute Gasteiger partial charge is 0.189 e. The molecule has 0 aromatic heterocycles. The summed E-state index contributed by atoms with van der Waals surface area (Å²) in [4.78, 5) is 11.5. The Labute approximate surface area is 79.1 Å². The number of hydrogen-bond donors (Lipinski definition) is 1. The molecule has 2 atom stereocenters. The molecule has 0 saturated heterocycles. The highest BCUT2D eigenvalue weighted by atomic mass is 16.5. The van der Waals surface area contributed by atoms with Crippen molar-refractivity contribution in [3.63, 3.8) is 0 Å². The molecule has 0 heterocycles. The number of methoxy groups -OCH3 is 1. The molecule has 0 bridgehead atoms. The van der Waals surface area contributed by atoms with Crippen LogP contribution in [0.4, 0.5) is 0 Å². The van der Waals surface area contributed by atoms with Gasteiger partial charge in [-0.2, -0.15) is 0 Å². The molecule has 0 amide bonds. The monoisotopic (exact) mass is 186 g/mol. The fourth-order valence-electron chi connectivity index (χ4n) is 1.75. The summed E-state index contributed by atoms with van der Waals surface area (Å²) in [6.07, 6.45) is 4.39. The van der Waals surface area contributed by atoms with Crippen molar-refractivity contribution < 1.29 is 14.6 Å². The minimum atomic E-state index is -0.803. The van der Waals surface area contributed by atoms with Gasteiger partial charge in [-0.05, 0) is 12.8 Å². The van der Waals surface area contributed by atoms with Crippen LogP contribution < -0.4 is 0 Å². The largest absolute Gasteiger partial charge is 0.385 e. The Morgan fingerprint density at radius 1 is 1.23 bits per heavy atom. The average molecular weight is 186 g/mol. The maximum Gasteiger partial charge on any atom is 0.189 e. The third-order valence-corrected chi connectivity index (χ3v) is 2.62. The van der Waals surface area contributed by atoms with Crippen LogP contribution in [0.15, 0.2) is 0 Å². The molecule has 13 heavy (non-hydrogen) atoms. The molecule has 0 spiro atoms. The van der Waals surface area contributed by atoms with Crippen molar-refractivity contribution in [1.29, 1.82) is 0 Å². The summed E-state index contributed by atoms with van der Waals surface area (Å²) < 4.78 is 5.06. The van der Waals surface area contributed by atoms with Gasteiger partial charge in [0.25, 0.3) is 0 Å². The molecule has 1 aliphatic rings. The fourth-order valence-corrected chi connectivity index (χ4v) is 1.75. The molecule has 0 radical (unpaired) electrons. The molecule has 3 nitrogen and oxygen atoms in total. The van der Waals surface area contributed by atoms with Crippen molar-refractivity contribution in [2.24, 2.45) is 0 Å². The number of carbonyl (C=O) groups excluding carboxylic acids is 1. The third-order valence-electron chi connectivity index (χ3n) is 2.62. The number of hydrogen-bond acceptors (Lipinski definition) is 3. The summed E-state index contributed by atoms with van der Waals surface area (Å²) >= 11 is 0. The van der Waals surface area contributed by atoms with Crippen LogP contribution >= 0.6 is 0 Å². The Kier molecular flexibility index (Phi) is 4.39. The van der Waals surface area contributed by atoms with Gasteiger partial charge in [-0.3, -0.25) is 4.79 Å². The number of carbonyl (C=O) groups is 1. The standard InChI is InChI=1S/C10H18O3/c1-13-9-7-5-3-2-4-6-8(11)10(9)12/h8-9,11H,2-7H2,1H3. The number of ketones is 1. The number of aliphatic hydroxyl groups excluding tert-OH is 1. The van der Waals surface area contributed by atoms with E-state index >= 15 is 0 Å². The first-order chi connectivity index (χ1) is 6.25. The SMILES string of the molecule is COC1CCCCCCC(O)C1=O. The summed E-state index contributed by atoms with van der Waals surface area (Å²) in [5.74, 6) is -0.135. The predicted molar refractivity (Wildman–Crippen MR) is 49.5 cm³/mol. The van der Waals surface area contributed by atoms with Crippen molar-refractivity contribution in [3.05, 3.63) is 0 Å². The van der Waals surface area contributed by atoms with Gasteiger partial charge in [0.05, 0.1) is 0 Å². The van der Waals surface area contributed by atoms with E-state index in [1.165, 1.54) is 7.11 Å². The molecule has 0 aromatic rings. The third kappa shape index (κ3) is 3.08. The molecule has 0 aromatic carbocycles. The molecular formula is C10H18O3. The van der Waals surface area contributed by atoms with E-state index in [2.05, 4.69) is 0 Å². The molecule has 1 aliphatic carbocycles. The highest BCUT2D eigenvalue weighted by Crippen LogP contribution is 2.16. The van der Waals surface area contributed by atoms with Crippen molar-refractivity contribution in [1.82, 2.24) is 0 Å². The van der Waals surface area contributed by atoms with Crippen LogP contribution in [0.25, 0.3) is 0 Å². The van der Waals surface area contributed by atoms with Gasteiger partial charge in [-0.15, -0.1) is 0 Å². The molecule has 2 unspecified atom stereocenters. The number of Topliss-reactive ketones (excluding diaryl/α,β-unsaturated/α-hetero) is 1. The van der Waals surface area contributed by atoms with Gasteiger partial charge in [-0.25, -0.2) is 0 Å². The van der Waals surface area contributed by atoms with Gasteiger partial charge in [-0.1, -0.05) is 25.7 Å². The molecule has 76 valence electrons. The van der Waals surface area contributed by atoms with E-state index in [0.29, 0.717) is 6.42 Å². The Bertz CT molecular complexity index is 168. The normalized spacial score (nSPS) is 32.0. The van der Waals surface area contributed by atoms with Crippen molar-refractivity contribution in [2.45, 2.75) is 50.7 Å². The summed E-state index contributed by atoms with van der Waals surface area (Å²) in [6, 6.07) is 0. The lowest BCUT2D eigenvalue weighted by Gasteiger charge is -2.15. The Balaban J connectivity index is 2.55. The van der Waals surface area contributed by atoms with Crippen LogP contribution in [0.3, 0.4) is 0 Å². The van der Waals surface area contributed by atoms with E-state index in [4.69, 9.17) is 4.74 Å². The Morgan fingerprint density at radius 3 is 2.46 bits per heavy atom. The van der Waals surface area contributed by atoms with E-state index in [-0.39, 0.29) is 11.9 Å². The second-order valence-electron chi connectivity index (χ2n) is 3.63. The summed E-state index contributed by atoms with van der Waals surface area (Å²) in [7, 11) is 1.53. The minimum absolute atomic E-state index is 0.135. The zero-order valence-electron chi connectivity index (χ0n) is 8.16. The molecular weight excluding hydrogens is 168 g/mol. The van der Waals surface area contributed by atoms with Crippen molar-refractivity contribution >= 4 is 5.78 Å². The van der Waals surface area contributed by atoms with E-state index in [1.807, 2.05) is 0 Å². The van der Waals surface area contributed by atoms with E-state index in [1.54, 1.807) is 0 Å². The van der Waals surface area contributed by atoms with Gasteiger partial charge in [0.2, 0.25) is 0 Å². The van der Waals surface area contributed by atoms with Gasteiger partial charge in [0.1, 0.15) is 12.2 Å². The van der Waals surface area contributed by atoms with Gasteiger partial charge in [0, 0.05) is 7.11 Å². The van der Waals surface area contributed by atoms with Gasteiger partial charge < -0.3 is 9.84 Å². The number of aliphatic hydroxyl groups is 1. The highest BCUT2D eigenvalue weighted by molar-refractivity contribution is 5.87. The molecule has 1 rings (SSSR count). The first-order valence-corrected chi connectivity index (χ1v) is 5.00. The lowest BCUT2D eigenvalue weighted by molar-refractivity contribution is -0.137. The van der Waals surface area contributed by atoms with Crippen LogP contribution in [0, 0.1) is 0 Å². The van der Waals surface area contributed by atoms with E-state index in [0.717, 1.165) is 32.1 Å². The van der Waals surface area contributed by atoms with Crippen LogP contribution in [0.1, 0.15) is 38.5 Å². The molecule has 1 saturated carbocycles. The molecule has 0 aliphatic heterocycles. The maximum atomic E-state index is 11.5. The van der Waals surface area contributed by atoms with Crippen LogP contribution in [0.2, 0.25) is 0 Å². The fraction of sp³-hybridized carbons (Fsp3) is 0.900. The van der Waals surface area contributed by atoms with Crippen LogP contribution in [-0.4, -0.2) is 30.2 Å². The second kappa shape index (κ2) is 5.35. The summed E-state index contributed by atoms with van der Waals surface area (Å²) in [5.41, 5.74) is 0. The first-order valence-electron chi connectivity index (χ1n) is 5.00. The Hall–Kier alpha value is -0.410. The lowest BCUT2D eigenvalue weighted by Crippen LogP contribution is -2.33. The molecule has 1 N–H and O–H groups in total. The number of rotatable bonds is 1. The molecule has 1 fully saturated rings. The van der Waals surface area contributed by atoms with Crippen molar-refractivity contribution in [3.8, 4) is 0 Å². The van der Waals surface area contributed by atoms with Crippen molar-refractivity contribution in [2.75, 3.05) is 7.11 Å². The Morgan fingerprint density at radius 2 is 1.85 bits per heavy atom. The highest BCUT2D eigenvalue weighted by Gasteiger charge is 2.25. The first kappa shape index (κ1) is 10.7. The van der Waals surface area contributed by atoms with E-state index < -0.39 is 6.10 Å². The second-order valence-corrected chi connectivity index (χ2v) is 3.63. The molecule has 3 heteroatoms. The lowest BCUT2D eigenvalue weighted by atomic mass is 10.0. The summed E-state index contributed by atoms with van der Waals surface area (Å²) in [6.45, 7) is 0. The van der Waals surface area contributed by atoms with Gasteiger partial charge in [0.15, 0.2) is 5.78 Å². The predicted octanol–water partition coefficient (Wildman–Crippen LogP) is 1.29. The zero-order valence-corrected chi connectivity index (χ0v) is 8.16. The number of ether oxygens (including phenoxy) is 1. The van der Waals surface area contributed by atoms with Crippen LogP contribution in [0.5, 0.6) is 0 Å².